The summed E-state index contributed by atoms with van der Waals surface area (Å²) in [6.07, 6.45) is 0.292. The van der Waals surface area contributed by atoms with Crippen LogP contribution in [0.1, 0.15) is 78.7 Å². The molecule has 1 amide bonds. The summed E-state index contributed by atoms with van der Waals surface area (Å²) in [7, 11) is 0. The van der Waals surface area contributed by atoms with E-state index in [9.17, 15) is 18.8 Å². The standard InChI is InChI=1S/C26H35FN2O4/c1-8-28-18(6)23(17(5)24(28)26(32)33-9-2)25(31)19(7)29(22(30)14-16(3)4)15-20-10-12-21(27)13-11-20/h10-13,16,19H,8-9,14-15H2,1-7H3. The van der Waals surface area contributed by atoms with Gasteiger partial charge in [0.15, 0.2) is 5.78 Å². The molecule has 7 heteroatoms. The van der Waals surface area contributed by atoms with Crippen LogP contribution in [-0.4, -0.2) is 39.8 Å². The highest BCUT2D eigenvalue weighted by Crippen LogP contribution is 2.26. The maximum absolute atomic E-state index is 13.7. The topological polar surface area (TPSA) is 68.6 Å². The molecular formula is C26H35FN2O4. The number of ketones is 1. The number of benzene rings is 1. The number of aromatic nitrogens is 1. The Labute approximate surface area is 195 Å². The molecule has 0 saturated heterocycles. The molecule has 1 atom stereocenters. The smallest absolute Gasteiger partial charge is 0.355 e. The van der Waals surface area contributed by atoms with Gasteiger partial charge in [-0.2, -0.15) is 0 Å². The van der Waals surface area contributed by atoms with Crippen LogP contribution >= 0.6 is 0 Å². The zero-order valence-corrected chi connectivity index (χ0v) is 20.7. The van der Waals surface area contributed by atoms with E-state index in [-0.39, 0.29) is 36.6 Å². The third-order valence-electron chi connectivity index (χ3n) is 5.81. The first-order valence-corrected chi connectivity index (χ1v) is 11.5. The number of hydrogen-bond acceptors (Lipinski definition) is 4. The molecule has 180 valence electrons. The number of rotatable bonds is 10. The molecule has 0 radical (unpaired) electrons. The van der Waals surface area contributed by atoms with Crippen LogP contribution in [0.25, 0.3) is 0 Å². The molecule has 6 nitrogen and oxygen atoms in total. The van der Waals surface area contributed by atoms with Gasteiger partial charge < -0.3 is 14.2 Å². The Morgan fingerprint density at radius 1 is 1.06 bits per heavy atom. The van der Waals surface area contributed by atoms with Crippen molar-refractivity contribution in [3.8, 4) is 0 Å². The predicted octanol–water partition coefficient (Wildman–Crippen LogP) is 5.09. The van der Waals surface area contributed by atoms with Crippen LogP contribution in [-0.2, 0) is 22.6 Å². The van der Waals surface area contributed by atoms with E-state index in [1.165, 1.54) is 12.1 Å². The minimum absolute atomic E-state index is 0.121. The van der Waals surface area contributed by atoms with Crippen LogP contribution in [0.15, 0.2) is 24.3 Å². The first-order valence-electron chi connectivity index (χ1n) is 11.5. The first kappa shape index (κ1) is 26.3. The lowest BCUT2D eigenvalue weighted by Crippen LogP contribution is -2.43. The van der Waals surface area contributed by atoms with Crippen molar-refractivity contribution in [2.24, 2.45) is 5.92 Å². The zero-order valence-electron chi connectivity index (χ0n) is 20.7. The highest BCUT2D eigenvalue weighted by molar-refractivity contribution is 6.06. The summed E-state index contributed by atoms with van der Waals surface area (Å²) in [5, 5.41) is 0. The summed E-state index contributed by atoms with van der Waals surface area (Å²) in [4.78, 5) is 40.9. The van der Waals surface area contributed by atoms with Gasteiger partial charge in [0.25, 0.3) is 0 Å². The highest BCUT2D eigenvalue weighted by atomic mass is 19.1. The molecule has 0 aliphatic heterocycles. The van der Waals surface area contributed by atoms with Crippen LogP contribution in [0.5, 0.6) is 0 Å². The zero-order chi connectivity index (χ0) is 24.9. The average molecular weight is 459 g/mol. The Kier molecular flexibility index (Phi) is 8.97. The predicted molar refractivity (Wildman–Crippen MR) is 126 cm³/mol. The highest BCUT2D eigenvalue weighted by Gasteiger charge is 2.33. The fraction of sp³-hybridized carbons (Fsp3) is 0.500. The van der Waals surface area contributed by atoms with Crippen LogP contribution in [0, 0.1) is 25.6 Å². The molecule has 1 heterocycles. The van der Waals surface area contributed by atoms with Crippen LogP contribution in [0.3, 0.4) is 0 Å². The molecule has 2 rings (SSSR count). The third kappa shape index (κ3) is 5.89. The van der Waals surface area contributed by atoms with Gasteiger partial charge in [0.05, 0.1) is 12.6 Å². The van der Waals surface area contributed by atoms with Crippen molar-refractivity contribution in [3.63, 3.8) is 0 Å². The number of hydrogen-bond donors (Lipinski definition) is 0. The monoisotopic (exact) mass is 458 g/mol. The largest absolute Gasteiger partial charge is 0.461 e. The van der Waals surface area contributed by atoms with E-state index in [0.717, 1.165) is 5.56 Å². The second kappa shape index (κ2) is 11.3. The molecule has 1 unspecified atom stereocenters. The minimum atomic E-state index is -0.763. The molecular weight excluding hydrogens is 423 g/mol. The van der Waals surface area contributed by atoms with Gasteiger partial charge in [0.2, 0.25) is 5.91 Å². The number of carbonyl (C=O) groups is 3. The lowest BCUT2D eigenvalue weighted by atomic mass is 9.98. The van der Waals surface area contributed by atoms with Gasteiger partial charge in [0.1, 0.15) is 11.5 Å². The Morgan fingerprint density at radius 2 is 1.67 bits per heavy atom. The number of Topliss-reactive ketones (excluding diaryl/α,β-unsaturated/α-hetero) is 1. The molecule has 0 aliphatic rings. The molecule has 0 fully saturated rings. The van der Waals surface area contributed by atoms with E-state index in [2.05, 4.69) is 0 Å². The SMILES string of the molecule is CCOC(=O)c1c(C)c(C(=O)C(C)N(Cc2ccc(F)cc2)C(=O)CC(C)C)c(C)n1CC. The Hall–Kier alpha value is -2.96. The molecule has 33 heavy (non-hydrogen) atoms. The van der Waals surface area contributed by atoms with Crippen LogP contribution in [0.2, 0.25) is 0 Å². The van der Waals surface area contributed by atoms with Gasteiger partial charge in [-0.05, 0) is 63.8 Å². The van der Waals surface area contributed by atoms with Crippen molar-refractivity contribution >= 4 is 17.7 Å². The van der Waals surface area contributed by atoms with Crippen LogP contribution in [0.4, 0.5) is 4.39 Å². The average Bonchev–Trinajstić information content (AvgIpc) is 3.01. The quantitative estimate of drug-likeness (QED) is 0.367. The van der Waals surface area contributed by atoms with Crippen molar-refractivity contribution in [2.75, 3.05) is 6.61 Å². The molecule has 0 N–H and O–H groups in total. The second-order valence-electron chi connectivity index (χ2n) is 8.69. The van der Waals surface area contributed by atoms with Crippen molar-refractivity contribution in [3.05, 3.63) is 58.2 Å². The lowest BCUT2D eigenvalue weighted by molar-refractivity contribution is -0.133. The van der Waals surface area contributed by atoms with E-state index in [1.807, 2.05) is 20.8 Å². The van der Waals surface area contributed by atoms with E-state index in [0.29, 0.717) is 35.5 Å². The summed E-state index contributed by atoms with van der Waals surface area (Å²) in [6.45, 7) is 13.7. The number of esters is 1. The maximum atomic E-state index is 13.7. The fourth-order valence-corrected chi connectivity index (χ4v) is 4.16. The minimum Gasteiger partial charge on any atom is -0.461 e. The lowest BCUT2D eigenvalue weighted by Gasteiger charge is -2.29. The molecule has 0 bridgehead atoms. The number of halogens is 1. The van der Waals surface area contributed by atoms with Gasteiger partial charge in [-0.15, -0.1) is 0 Å². The van der Waals surface area contributed by atoms with Gasteiger partial charge >= 0.3 is 5.97 Å². The Morgan fingerprint density at radius 3 is 2.18 bits per heavy atom. The first-order chi connectivity index (χ1) is 15.5. The van der Waals surface area contributed by atoms with Crippen molar-refractivity contribution in [1.29, 1.82) is 0 Å². The molecule has 1 aromatic carbocycles. The van der Waals surface area contributed by atoms with Crippen molar-refractivity contribution < 1.29 is 23.5 Å². The number of nitrogens with zero attached hydrogens (tertiary/aromatic N) is 2. The van der Waals surface area contributed by atoms with Gasteiger partial charge in [-0.3, -0.25) is 9.59 Å². The van der Waals surface area contributed by atoms with E-state index >= 15 is 0 Å². The second-order valence-corrected chi connectivity index (χ2v) is 8.69. The number of carbonyl (C=O) groups excluding carboxylic acids is 3. The van der Waals surface area contributed by atoms with E-state index in [4.69, 9.17) is 4.74 Å². The fourth-order valence-electron chi connectivity index (χ4n) is 4.16. The molecule has 2 aromatic rings. The van der Waals surface area contributed by atoms with Gasteiger partial charge in [0, 0.05) is 30.8 Å². The van der Waals surface area contributed by atoms with Gasteiger partial charge in [-0.25, -0.2) is 9.18 Å². The summed E-state index contributed by atoms with van der Waals surface area (Å²) in [5.41, 5.74) is 2.77. The van der Waals surface area contributed by atoms with Crippen molar-refractivity contribution in [1.82, 2.24) is 9.47 Å². The van der Waals surface area contributed by atoms with Crippen molar-refractivity contribution in [2.45, 2.75) is 74.0 Å². The van der Waals surface area contributed by atoms with E-state index < -0.39 is 12.0 Å². The maximum Gasteiger partial charge on any atom is 0.355 e. The summed E-state index contributed by atoms with van der Waals surface area (Å²) in [6, 6.07) is 5.15. The van der Waals surface area contributed by atoms with Crippen LogP contribution < -0.4 is 0 Å². The third-order valence-corrected chi connectivity index (χ3v) is 5.81. The molecule has 0 saturated carbocycles. The molecule has 0 aliphatic carbocycles. The Balaban J connectivity index is 2.48. The summed E-state index contributed by atoms with van der Waals surface area (Å²) in [5.74, 6) is -1.09. The summed E-state index contributed by atoms with van der Waals surface area (Å²) < 4.78 is 20.4. The molecule has 0 spiro atoms. The number of amides is 1. The Bertz CT molecular complexity index is 1010. The van der Waals surface area contributed by atoms with Gasteiger partial charge in [-0.1, -0.05) is 26.0 Å². The number of ether oxygens (including phenoxy) is 1. The normalized spacial score (nSPS) is 12.0. The summed E-state index contributed by atoms with van der Waals surface area (Å²) >= 11 is 0. The molecule has 1 aromatic heterocycles. The van der Waals surface area contributed by atoms with E-state index in [1.54, 1.807) is 49.3 Å².